The van der Waals surface area contributed by atoms with Gasteiger partial charge in [-0.1, -0.05) is 6.07 Å². The average molecular weight is 246 g/mol. The van der Waals surface area contributed by atoms with Gasteiger partial charge >= 0.3 is 5.97 Å². The van der Waals surface area contributed by atoms with Gasteiger partial charge in [0.1, 0.15) is 12.1 Å². The van der Waals surface area contributed by atoms with Crippen LogP contribution < -0.4 is 5.73 Å². The van der Waals surface area contributed by atoms with Gasteiger partial charge in [0.15, 0.2) is 0 Å². The molecule has 2 aliphatic rings. The summed E-state index contributed by atoms with van der Waals surface area (Å²) in [5, 5.41) is 0. The molecule has 0 saturated carbocycles. The molecule has 18 heavy (non-hydrogen) atoms. The van der Waals surface area contributed by atoms with Gasteiger partial charge in [0, 0.05) is 12.8 Å². The minimum atomic E-state index is -0.315. The highest BCUT2D eigenvalue weighted by Gasteiger charge is 2.42. The Balaban J connectivity index is 1.92. The lowest BCUT2D eigenvalue weighted by Crippen LogP contribution is -2.28. The van der Waals surface area contributed by atoms with E-state index in [9.17, 15) is 4.79 Å². The van der Waals surface area contributed by atoms with Crippen LogP contribution in [0.5, 0.6) is 0 Å². The summed E-state index contributed by atoms with van der Waals surface area (Å²) in [4.78, 5) is 15.9. The van der Waals surface area contributed by atoms with Crippen LogP contribution in [-0.2, 0) is 22.3 Å². The molecule has 1 atom stereocenters. The number of carbonyl (C=O) groups is 1. The van der Waals surface area contributed by atoms with E-state index >= 15 is 0 Å². The zero-order valence-corrected chi connectivity index (χ0v) is 10.1. The van der Waals surface area contributed by atoms with E-state index in [1.807, 2.05) is 12.1 Å². The van der Waals surface area contributed by atoms with Crippen LogP contribution in [0.1, 0.15) is 21.5 Å². The second-order valence-corrected chi connectivity index (χ2v) is 4.79. The third kappa shape index (κ3) is 1.63. The van der Waals surface area contributed by atoms with Crippen molar-refractivity contribution in [2.75, 3.05) is 13.7 Å². The Morgan fingerprint density at radius 3 is 2.89 bits per heavy atom. The van der Waals surface area contributed by atoms with Crippen molar-refractivity contribution in [3.8, 4) is 0 Å². The Hall–Kier alpha value is -2.04. The number of nitrogens with zero attached hydrogens (tertiary/aromatic N) is 1. The van der Waals surface area contributed by atoms with E-state index in [1.54, 1.807) is 6.07 Å². The molecular formula is C13H14N2O3. The number of rotatable bonds is 1. The quantitative estimate of drug-likeness (QED) is 0.738. The number of nitrogens with two attached hydrogens (primary N) is 1. The van der Waals surface area contributed by atoms with Gasteiger partial charge in [-0.05, 0) is 23.3 Å². The lowest BCUT2D eigenvalue weighted by atomic mass is 9.99. The first-order chi connectivity index (χ1) is 8.62. The Morgan fingerprint density at radius 2 is 2.22 bits per heavy atom. The molecule has 1 aliphatic carbocycles. The van der Waals surface area contributed by atoms with Crippen LogP contribution in [0.2, 0.25) is 0 Å². The number of aliphatic imine (C=N–C) groups is 1. The zero-order valence-electron chi connectivity index (χ0n) is 10.1. The number of fused-ring (bicyclic) bond motifs is 1. The van der Waals surface area contributed by atoms with E-state index in [1.165, 1.54) is 12.7 Å². The van der Waals surface area contributed by atoms with E-state index < -0.39 is 0 Å². The van der Waals surface area contributed by atoms with Crippen LogP contribution in [-0.4, -0.2) is 31.2 Å². The second kappa shape index (κ2) is 3.73. The fourth-order valence-electron chi connectivity index (χ4n) is 2.67. The number of hydrogen-bond acceptors (Lipinski definition) is 5. The number of benzene rings is 1. The Bertz CT molecular complexity index is 553. The van der Waals surface area contributed by atoms with Crippen molar-refractivity contribution in [3.63, 3.8) is 0 Å². The molecule has 3 rings (SSSR count). The first-order valence-corrected chi connectivity index (χ1v) is 5.80. The maximum absolute atomic E-state index is 11.5. The summed E-state index contributed by atoms with van der Waals surface area (Å²) in [6.45, 7) is 0.515. The van der Waals surface area contributed by atoms with Crippen LogP contribution in [0, 0.1) is 0 Å². The van der Waals surface area contributed by atoms with Gasteiger partial charge in [-0.25, -0.2) is 9.79 Å². The van der Waals surface area contributed by atoms with Crippen molar-refractivity contribution in [2.45, 2.75) is 18.4 Å². The van der Waals surface area contributed by atoms with Gasteiger partial charge in [-0.15, -0.1) is 0 Å². The van der Waals surface area contributed by atoms with Crippen molar-refractivity contribution in [2.24, 2.45) is 10.7 Å². The summed E-state index contributed by atoms with van der Waals surface area (Å²) in [6.07, 6.45) is 1.57. The van der Waals surface area contributed by atoms with Crippen molar-refractivity contribution in [1.29, 1.82) is 0 Å². The molecule has 1 aliphatic heterocycles. The summed E-state index contributed by atoms with van der Waals surface area (Å²) in [6, 6.07) is 5.88. The molecule has 0 bridgehead atoms. The SMILES string of the molecule is COC(=O)c1ccc2c(c1)CC1(COC(N)=N1)C2. The fourth-order valence-corrected chi connectivity index (χ4v) is 2.67. The Kier molecular flexibility index (Phi) is 2.29. The molecule has 0 amide bonds. The van der Waals surface area contributed by atoms with Crippen molar-refractivity contribution in [3.05, 3.63) is 34.9 Å². The highest BCUT2D eigenvalue weighted by atomic mass is 16.5. The van der Waals surface area contributed by atoms with Crippen LogP contribution in [0.15, 0.2) is 23.2 Å². The molecule has 1 aromatic carbocycles. The van der Waals surface area contributed by atoms with E-state index in [-0.39, 0.29) is 17.5 Å². The maximum atomic E-state index is 11.5. The van der Waals surface area contributed by atoms with Gasteiger partial charge in [-0.3, -0.25) is 0 Å². The minimum absolute atomic E-state index is 0.260. The molecule has 94 valence electrons. The standard InChI is InChI=1S/C13H14N2O3/c1-17-11(16)8-2-3-9-5-13(6-10(9)4-8)7-18-12(14)15-13/h2-4H,5-7H2,1H3,(H2,14,15). The molecular weight excluding hydrogens is 232 g/mol. The predicted octanol–water partition coefficient (Wildman–Crippen LogP) is 0.655. The molecule has 0 fully saturated rings. The third-order valence-electron chi connectivity index (χ3n) is 3.50. The Morgan fingerprint density at radius 1 is 1.44 bits per heavy atom. The number of ether oxygens (including phenoxy) is 2. The fraction of sp³-hybridized carbons (Fsp3) is 0.385. The van der Waals surface area contributed by atoms with Crippen molar-refractivity contribution in [1.82, 2.24) is 0 Å². The van der Waals surface area contributed by atoms with Gasteiger partial charge in [0.2, 0.25) is 0 Å². The van der Waals surface area contributed by atoms with Crippen LogP contribution >= 0.6 is 0 Å². The van der Waals surface area contributed by atoms with Gasteiger partial charge in [-0.2, -0.15) is 0 Å². The monoisotopic (exact) mass is 246 g/mol. The average Bonchev–Trinajstić information content (AvgIpc) is 2.90. The normalized spacial score (nSPS) is 24.6. The first-order valence-electron chi connectivity index (χ1n) is 5.80. The number of carbonyl (C=O) groups excluding carboxylic acids is 1. The number of hydrogen-bond donors (Lipinski definition) is 1. The van der Waals surface area contributed by atoms with Gasteiger partial charge in [0.05, 0.1) is 12.7 Å². The van der Waals surface area contributed by atoms with Crippen LogP contribution in [0.25, 0.3) is 0 Å². The van der Waals surface area contributed by atoms with Gasteiger partial charge < -0.3 is 15.2 Å². The molecule has 5 nitrogen and oxygen atoms in total. The number of amidine groups is 1. The molecule has 1 heterocycles. The molecule has 5 heteroatoms. The molecule has 0 radical (unpaired) electrons. The summed E-state index contributed by atoms with van der Waals surface area (Å²) >= 11 is 0. The summed E-state index contributed by atoms with van der Waals surface area (Å²) in [5.74, 6) is -0.315. The zero-order chi connectivity index (χ0) is 12.8. The van der Waals surface area contributed by atoms with E-state index in [0.29, 0.717) is 12.2 Å². The third-order valence-corrected chi connectivity index (χ3v) is 3.50. The molecule has 2 N–H and O–H groups in total. The second-order valence-electron chi connectivity index (χ2n) is 4.79. The summed E-state index contributed by atoms with van der Waals surface area (Å²) in [7, 11) is 1.38. The lowest BCUT2D eigenvalue weighted by molar-refractivity contribution is 0.0600. The van der Waals surface area contributed by atoms with Crippen molar-refractivity contribution >= 4 is 12.0 Å². The molecule has 0 saturated heterocycles. The van der Waals surface area contributed by atoms with Gasteiger partial charge in [0.25, 0.3) is 6.02 Å². The van der Waals surface area contributed by atoms with Crippen LogP contribution in [0.4, 0.5) is 0 Å². The lowest BCUT2D eigenvalue weighted by Gasteiger charge is -2.15. The highest BCUT2D eigenvalue weighted by molar-refractivity contribution is 5.89. The topological polar surface area (TPSA) is 73.9 Å². The largest absolute Gasteiger partial charge is 0.465 e. The number of esters is 1. The molecule has 0 aromatic heterocycles. The van der Waals surface area contributed by atoms with Crippen LogP contribution in [0.3, 0.4) is 0 Å². The minimum Gasteiger partial charge on any atom is -0.465 e. The predicted molar refractivity (Wildman–Crippen MR) is 65.5 cm³/mol. The van der Waals surface area contributed by atoms with E-state index in [0.717, 1.165) is 18.4 Å². The number of methoxy groups -OCH3 is 1. The Labute approximate surface area is 105 Å². The summed E-state index contributed by atoms with van der Waals surface area (Å²) < 4.78 is 9.98. The maximum Gasteiger partial charge on any atom is 0.337 e. The summed E-state index contributed by atoms with van der Waals surface area (Å²) in [5.41, 5.74) is 8.21. The molecule has 1 spiro atoms. The van der Waals surface area contributed by atoms with E-state index in [4.69, 9.17) is 15.2 Å². The van der Waals surface area contributed by atoms with E-state index in [2.05, 4.69) is 4.99 Å². The highest BCUT2D eigenvalue weighted by Crippen LogP contribution is 2.36. The smallest absolute Gasteiger partial charge is 0.337 e. The first kappa shape index (κ1) is 11.1. The van der Waals surface area contributed by atoms with Crippen molar-refractivity contribution < 1.29 is 14.3 Å². The molecule has 1 unspecified atom stereocenters. The molecule has 1 aromatic rings.